The van der Waals surface area contributed by atoms with Crippen LogP contribution in [0.5, 0.6) is 11.8 Å². The molecule has 0 fully saturated rings. The molecule has 100 valence electrons. The smallest absolute Gasteiger partial charge is 0.322 e. The first-order chi connectivity index (χ1) is 8.97. The van der Waals surface area contributed by atoms with Gasteiger partial charge in [0.1, 0.15) is 0 Å². The van der Waals surface area contributed by atoms with Crippen molar-refractivity contribution in [3.05, 3.63) is 41.2 Å². The quantitative estimate of drug-likeness (QED) is 0.853. The molecule has 0 aliphatic heterocycles. The lowest BCUT2D eigenvalue weighted by Gasteiger charge is -2.12. The van der Waals surface area contributed by atoms with E-state index in [0.717, 1.165) is 17.0 Å². The van der Waals surface area contributed by atoms with Gasteiger partial charge in [0.25, 0.3) is 0 Å². The average Bonchev–Trinajstić information content (AvgIpc) is 2.33. The van der Waals surface area contributed by atoms with Gasteiger partial charge in [-0.3, -0.25) is 0 Å². The first-order valence-corrected chi connectivity index (χ1v) is 6.36. The minimum absolute atomic E-state index is 0.332. The first-order valence-electron chi connectivity index (χ1n) is 6.36. The molecule has 0 amide bonds. The van der Waals surface area contributed by atoms with Crippen molar-refractivity contribution >= 4 is 5.69 Å². The molecule has 0 saturated carbocycles. The highest BCUT2D eigenvalue weighted by molar-refractivity contribution is 5.57. The standard InChI is InChI=1S/C15H19N3O/c1-9(2)13-8-11(4)17-15(18-13)19-14-10(3)6-5-7-12(14)16/h5-9H,16H2,1-4H3. The summed E-state index contributed by atoms with van der Waals surface area (Å²) in [5, 5.41) is 0. The van der Waals surface area contributed by atoms with E-state index in [9.17, 15) is 0 Å². The zero-order chi connectivity index (χ0) is 14.0. The fourth-order valence-corrected chi connectivity index (χ4v) is 1.81. The van der Waals surface area contributed by atoms with E-state index in [-0.39, 0.29) is 0 Å². The Labute approximate surface area is 113 Å². The third kappa shape index (κ3) is 3.02. The van der Waals surface area contributed by atoms with E-state index in [1.54, 1.807) is 0 Å². The van der Waals surface area contributed by atoms with E-state index in [1.165, 1.54) is 0 Å². The van der Waals surface area contributed by atoms with Gasteiger partial charge in [0.05, 0.1) is 11.4 Å². The van der Waals surface area contributed by atoms with Crippen LogP contribution < -0.4 is 10.5 Å². The highest BCUT2D eigenvalue weighted by atomic mass is 16.5. The Hall–Kier alpha value is -2.10. The normalized spacial score (nSPS) is 10.8. The number of ether oxygens (including phenoxy) is 1. The molecule has 0 atom stereocenters. The minimum Gasteiger partial charge on any atom is -0.422 e. The van der Waals surface area contributed by atoms with Gasteiger partial charge in [-0.15, -0.1) is 0 Å². The van der Waals surface area contributed by atoms with Crippen LogP contribution in [0.25, 0.3) is 0 Å². The van der Waals surface area contributed by atoms with Crippen LogP contribution in [0.15, 0.2) is 24.3 Å². The van der Waals surface area contributed by atoms with Gasteiger partial charge in [-0.25, -0.2) is 4.98 Å². The van der Waals surface area contributed by atoms with Crippen molar-refractivity contribution in [2.24, 2.45) is 0 Å². The maximum atomic E-state index is 5.92. The summed E-state index contributed by atoms with van der Waals surface area (Å²) in [5.41, 5.74) is 9.34. The zero-order valence-corrected chi connectivity index (χ0v) is 11.8. The molecule has 4 heteroatoms. The van der Waals surface area contributed by atoms with Crippen LogP contribution >= 0.6 is 0 Å². The van der Waals surface area contributed by atoms with Crippen LogP contribution in [0.2, 0.25) is 0 Å². The lowest BCUT2D eigenvalue weighted by Crippen LogP contribution is -2.02. The Kier molecular flexibility index (Phi) is 3.69. The summed E-state index contributed by atoms with van der Waals surface area (Å²) in [5.74, 6) is 0.959. The number of hydrogen-bond donors (Lipinski definition) is 1. The summed E-state index contributed by atoms with van der Waals surface area (Å²) in [6.45, 7) is 8.06. The molecule has 0 aliphatic rings. The fourth-order valence-electron chi connectivity index (χ4n) is 1.81. The van der Waals surface area contributed by atoms with E-state index >= 15 is 0 Å². The summed E-state index contributed by atoms with van der Waals surface area (Å²) < 4.78 is 5.76. The van der Waals surface area contributed by atoms with Gasteiger partial charge < -0.3 is 10.5 Å². The van der Waals surface area contributed by atoms with Crippen molar-refractivity contribution in [1.29, 1.82) is 0 Å². The number of para-hydroxylation sites is 1. The van der Waals surface area contributed by atoms with Crippen molar-refractivity contribution in [2.75, 3.05) is 5.73 Å². The van der Waals surface area contributed by atoms with E-state index < -0.39 is 0 Å². The minimum atomic E-state index is 0.332. The second-order valence-electron chi connectivity index (χ2n) is 4.97. The second kappa shape index (κ2) is 5.26. The SMILES string of the molecule is Cc1cc(C(C)C)nc(Oc2c(C)cccc2N)n1. The largest absolute Gasteiger partial charge is 0.422 e. The van der Waals surface area contributed by atoms with Crippen molar-refractivity contribution in [3.8, 4) is 11.8 Å². The molecule has 0 radical (unpaired) electrons. The summed E-state index contributed by atoms with van der Waals surface area (Å²) in [7, 11) is 0. The second-order valence-corrected chi connectivity index (χ2v) is 4.97. The summed E-state index contributed by atoms with van der Waals surface area (Å²) in [4.78, 5) is 8.73. The van der Waals surface area contributed by atoms with Gasteiger partial charge in [-0.1, -0.05) is 26.0 Å². The molecule has 1 heterocycles. The van der Waals surface area contributed by atoms with Gasteiger partial charge in [0, 0.05) is 5.69 Å². The van der Waals surface area contributed by atoms with Crippen LogP contribution in [0, 0.1) is 13.8 Å². The molecular formula is C15H19N3O. The maximum Gasteiger partial charge on any atom is 0.322 e. The molecule has 1 aromatic heterocycles. The summed E-state index contributed by atoms with van der Waals surface area (Å²) in [6.07, 6.45) is 0. The van der Waals surface area contributed by atoms with Gasteiger partial charge in [0.15, 0.2) is 5.75 Å². The molecule has 1 aromatic carbocycles. The van der Waals surface area contributed by atoms with Gasteiger partial charge >= 0.3 is 6.01 Å². The number of aromatic nitrogens is 2. The molecular weight excluding hydrogens is 238 g/mol. The summed E-state index contributed by atoms with van der Waals surface area (Å²) in [6, 6.07) is 7.98. The Balaban J connectivity index is 2.38. The van der Waals surface area contributed by atoms with Crippen molar-refractivity contribution in [2.45, 2.75) is 33.6 Å². The molecule has 2 N–H and O–H groups in total. The fraction of sp³-hybridized carbons (Fsp3) is 0.333. The van der Waals surface area contributed by atoms with Crippen LogP contribution in [0.4, 0.5) is 5.69 Å². The number of hydrogen-bond acceptors (Lipinski definition) is 4. The lowest BCUT2D eigenvalue weighted by atomic mass is 10.1. The molecule has 0 bridgehead atoms. The average molecular weight is 257 g/mol. The van der Waals surface area contributed by atoms with Gasteiger partial charge in [0.2, 0.25) is 0 Å². The Morgan fingerprint density at radius 3 is 2.53 bits per heavy atom. The number of nitrogen functional groups attached to an aromatic ring is 1. The summed E-state index contributed by atoms with van der Waals surface area (Å²) >= 11 is 0. The van der Waals surface area contributed by atoms with Crippen molar-refractivity contribution in [3.63, 3.8) is 0 Å². The molecule has 0 spiro atoms. The predicted molar refractivity (Wildman–Crippen MR) is 76.5 cm³/mol. The van der Waals surface area contributed by atoms with E-state index in [0.29, 0.717) is 23.4 Å². The topological polar surface area (TPSA) is 61.0 Å². The Morgan fingerprint density at radius 2 is 1.89 bits per heavy atom. The molecule has 2 rings (SSSR count). The maximum absolute atomic E-state index is 5.92. The number of rotatable bonds is 3. The first kappa shape index (κ1) is 13.3. The number of nitrogens with zero attached hydrogens (tertiary/aromatic N) is 2. The lowest BCUT2D eigenvalue weighted by molar-refractivity contribution is 0.435. The van der Waals surface area contributed by atoms with Gasteiger partial charge in [-0.05, 0) is 37.5 Å². The monoisotopic (exact) mass is 257 g/mol. The molecule has 0 saturated heterocycles. The molecule has 19 heavy (non-hydrogen) atoms. The number of benzene rings is 1. The zero-order valence-electron chi connectivity index (χ0n) is 11.8. The van der Waals surface area contributed by atoms with Crippen LogP contribution in [-0.4, -0.2) is 9.97 Å². The Bertz CT molecular complexity index is 574. The van der Waals surface area contributed by atoms with E-state index in [4.69, 9.17) is 10.5 Å². The molecule has 0 aliphatic carbocycles. The highest BCUT2D eigenvalue weighted by Crippen LogP contribution is 2.29. The third-order valence-corrected chi connectivity index (χ3v) is 2.88. The van der Waals surface area contributed by atoms with Crippen molar-refractivity contribution in [1.82, 2.24) is 9.97 Å². The van der Waals surface area contributed by atoms with Crippen molar-refractivity contribution < 1.29 is 4.74 Å². The third-order valence-electron chi connectivity index (χ3n) is 2.88. The van der Waals surface area contributed by atoms with Gasteiger partial charge in [-0.2, -0.15) is 4.98 Å². The van der Waals surface area contributed by atoms with E-state index in [1.807, 2.05) is 38.1 Å². The number of anilines is 1. The Morgan fingerprint density at radius 1 is 1.16 bits per heavy atom. The van der Waals surface area contributed by atoms with E-state index in [2.05, 4.69) is 23.8 Å². The molecule has 4 nitrogen and oxygen atoms in total. The number of nitrogens with two attached hydrogens (primary N) is 1. The molecule has 0 unspecified atom stereocenters. The van der Waals surface area contributed by atoms with Crippen LogP contribution in [0.1, 0.15) is 36.7 Å². The highest BCUT2D eigenvalue weighted by Gasteiger charge is 2.10. The molecule has 2 aromatic rings. The van der Waals surface area contributed by atoms with Crippen LogP contribution in [0.3, 0.4) is 0 Å². The predicted octanol–water partition coefficient (Wildman–Crippen LogP) is 3.59. The number of aryl methyl sites for hydroxylation is 2. The van der Waals surface area contributed by atoms with Crippen LogP contribution in [-0.2, 0) is 0 Å².